The molecule has 0 saturated heterocycles. The molecule has 1 aliphatic rings. The van der Waals surface area contributed by atoms with Crippen molar-refractivity contribution in [3.8, 4) is 0 Å². The zero-order valence-corrected chi connectivity index (χ0v) is 14.9. The molecule has 0 aliphatic heterocycles. The van der Waals surface area contributed by atoms with Gasteiger partial charge in [0.2, 0.25) is 0 Å². The highest BCUT2D eigenvalue weighted by Gasteiger charge is 2.23. The molecular weight excluding hydrogens is 288 g/mol. The van der Waals surface area contributed by atoms with Crippen LogP contribution in [0.1, 0.15) is 57.6 Å². The Kier molecular flexibility index (Phi) is 6.05. The number of rotatable bonds is 7. The van der Waals surface area contributed by atoms with E-state index in [0.29, 0.717) is 13.1 Å². The van der Waals surface area contributed by atoms with Gasteiger partial charge in [-0.3, -0.25) is 0 Å². The van der Waals surface area contributed by atoms with Gasteiger partial charge in [0.05, 0.1) is 0 Å². The Morgan fingerprint density at radius 2 is 1.91 bits per heavy atom. The van der Waals surface area contributed by atoms with E-state index in [-0.39, 0.29) is 6.09 Å². The van der Waals surface area contributed by atoms with Crippen molar-refractivity contribution in [1.29, 1.82) is 0 Å². The first-order chi connectivity index (χ1) is 10.9. The highest BCUT2D eigenvalue weighted by Crippen LogP contribution is 2.39. The molecule has 0 heterocycles. The van der Waals surface area contributed by atoms with Gasteiger partial charge in [0, 0.05) is 26.2 Å². The summed E-state index contributed by atoms with van der Waals surface area (Å²) in [6.07, 6.45) is 2.44. The molecule has 2 rings (SSSR count). The van der Waals surface area contributed by atoms with Crippen LogP contribution in [0.5, 0.6) is 0 Å². The summed E-state index contributed by atoms with van der Waals surface area (Å²) in [6.45, 7) is 10.6. The summed E-state index contributed by atoms with van der Waals surface area (Å²) in [6, 6.07) is 8.89. The smallest absolute Gasteiger partial charge is 0.410 e. The van der Waals surface area contributed by atoms with E-state index in [1.165, 1.54) is 24.0 Å². The van der Waals surface area contributed by atoms with Gasteiger partial charge in [-0.25, -0.2) is 4.79 Å². The molecule has 0 spiro atoms. The lowest BCUT2D eigenvalue weighted by molar-refractivity contribution is 0.0262. The Labute approximate surface area is 140 Å². The Hall–Kier alpha value is -1.55. The highest BCUT2D eigenvalue weighted by molar-refractivity contribution is 5.68. The Morgan fingerprint density at radius 1 is 1.26 bits per heavy atom. The molecule has 23 heavy (non-hydrogen) atoms. The number of likely N-dealkylation sites (N-methyl/N-ethyl adjacent to an activating group) is 1. The number of carbonyl (C=O) groups is 1. The molecule has 0 atom stereocenters. The summed E-state index contributed by atoms with van der Waals surface area (Å²) in [5.74, 6) is 0.809. The largest absolute Gasteiger partial charge is 0.444 e. The maximum absolute atomic E-state index is 12.0. The van der Waals surface area contributed by atoms with Crippen LogP contribution in [0.25, 0.3) is 0 Å². The molecule has 1 amide bonds. The van der Waals surface area contributed by atoms with Crippen molar-refractivity contribution in [2.75, 3.05) is 19.6 Å². The molecule has 1 saturated carbocycles. The van der Waals surface area contributed by atoms with Crippen LogP contribution in [0.2, 0.25) is 0 Å². The number of ether oxygens (including phenoxy) is 1. The molecule has 0 unspecified atom stereocenters. The Bertz CT molecular complexity index is 501. The van der Waals surface area contributed by atoms with Crippen LogP contribution in [0.15, 0.2) is 24.3 Å². The van der Waals surface area contributed by atoms with Gasteiger partial charge < -0.3 is 15.0 Å². The van der Waals surface area contributed by atoms with Gasteiger partial charge in [0.25, 0.3) is 0 Å². The number of hydrogen-bond donors (Lipinski definition) is 1. The molecule has 4 heteroatoms. The van der Waals surface area contributed by atoms with Crippen LogP contribution in [-0.2, 0) is 11.3 Å². The van der Waals surface area contributed by atoms with Gasteiger partial charge in [-0.15, -0.1) is 0 Å². The lowest BCUT2D eigenvalue weighted by Gasteiger charge is -2.26. The van der Waals surface area contributed by atoms with E-state index in [2.05, 4.69) is 29.6 Å². The summed E-state index contributed by atoms with van der Waals surface area (Å²) >= 11 is 0. The van der Waals surface area contributed by atoms with Crippen LogP contribution in [0, 0.1) is 0 Å². The standard InChI is InChI=1S/C19H30N2O2/c1-5-21(18(22)23-19(2,3)4)13-12-20-14-15-6-8-16(9-7-15)17-10-11-17/h6-9,17,20H,5,10-14H2,1-4H3. The molecule has 1 aromatic rings. The lowest BCUT2D eigenvalue weighted by atomic mass is 10.1. The molecule has 1 aromatic carbocycles. The fourth-order valence-corrected chi connectivity index (χ4v) is 2.48. The fourth-order valence-electron chi connectivity index (χ4n) is 2.48. The van der Waals surface area contributed by atoms with Gasteiger partial charge >= 0.3 is 6.09 Å². The molecule has 128 valence electrons. The predicted octanol–water partition coefficient (Wildman–Crippen LogP) is 3.91. The summed E-state index contributed by atoms with van der Waals surface area (Å²) in [7, 11) is 0. The molecule has 0 bridgehead atoms. The number of benzene rings is 1. The average Bonchev–Trinajstić information content (AvgIpc) is 3.30. The zero-order valence-electron chi connectivity index (χ0n) is 14.9. The quantitative estimate of drug-likeness (QED) is 0.775. The zero-order chi connectivity index (χ0) is 16.9. The average molecular weight is 318 g/mol. The Morgan fingerprint density at radius 3 is 2.43 bits per heavy atom. The third-order valence-electron chi connectivity index (χ3n) is 3.95. The molecular formula is C19H30N2O2. The minimum atomic E-state index is -0.443. The van der Waals surface area contributed by atoms with Gasteiger partial charge in [-0.05, 0) is 57.6 Å². The fraction of sp³-hybridized carbons (Fsp3) is 0.632. The van der Waals surface area contributed by atoms with Gasteiger partial charge in [0.15, 0.2) is 0 Å². The maximum Gasteiger partial charge on any atom is 0.410 e. The van der Waals surface area contributed by atoms with E-state index >= 15 is 0 Å². The third kappa shape index (κ3) is 6.22. The van der Waals surface area contributed by atoms with Crippen LogP contribution in [0.3, 0.4) is 0 Å². The predicted molar refractivity (Wildman–Crippen MR) is 93.6 cm³/mol. The minimum Gasteiger partial charge on any atom is -0.444 e. The lowest BCUT2D eigenvalue weighted by Crippen LogP contribution is -2.40. The second kappa shape index (κ2) is 7.82. The minimum absolute atomic E-state index is 0.240. The summed E-state index contributed by atoms with van der Waals surface area (Å²) in [4.78, 5) is 13.8. The normalized spacial score (nSPS) is 14.6. The van der Waals surface area contributed by atoms with Crippen molar-refractivity contribution in [3.63, 3.8) is 0 Å². The first kappa shape index (κ1) is 17.8. The van der Waals surface area contributed by atoms with Crippen LogP contribution in [0.4, 0.5) is 4.79 Å². The molecule has 1 aliphatic carbocycles. The van der Waals surface area contributed by atoms with E-state index in [1.54, 1.807) is 4.90 Å². The van der Waals surface area contributed by atoms with Crippen LogP contribution in [-0.4, -0.2) is 36.2 Å². The molecule has 1 N–H and O–H groups in total. The van der Waals surface area contributed by atoms with E-state index in [4.69, 9.17) is 4.74 Å². The van der Waals surface area contributed by atoms with Crippen LogP contribution < -0.4 is 5.32 Å². The third-order valence-corrected chi connectivity index (χ3v) is 3.95. The molecule has 4 nitrogen and oxygen atoms in total. The second-order valence-electron chi connectivity index (χ2n) is 7.25. The number of amides is 1. The van der Waals surface area contributed by atoms with E-state index < -0.39 is 5.60 Å². The number of hydrogen-bond acceptors (Lipinski definition) is 3. The second-order valence-corrected chi connectivity index (χ2v) is 7.25. The summed E-state index contributed by atoms with van der Waals surface area (Å²) in [5, 5.41) is 3.40. The maximum atomic E-state index is 12.0. The van der Waals surface area contributed by atoms with Crippen molar-refractivity contribution >= 4 is 6.09 Å². The first-order valence-electron chi connectivity index (χ1n) is 8.66. The first-order valence-corrected chi connectivity index (χ1v) is 8.66. The van der Waals surface area contributed by atoms with Gasteiger partial charge in [0.1, 0.15) is 5.60 Å². The molecule has 0 aromatic heterocycles. The van der Waals surface area contributed by atoms with Crippen molar-refractivity contribution in [3.05, 3.63) is 35.4 Å². The summed E-state index contributed by atoms with van der Waals surface area (Å²) < 4.78 is 5.41. The van der Waals surface area contributed by atoms with E-state index in [1.807, 2.05) is 27.7 Å². The van der Waals surface area contributed by atoms with Crippen molar-refractivity contribution in [2.45, 2.75) is 58.6 Å². The van der Waals surface area contributed by atoms with E-state index in [9.17, 15) is 4.79 Å². The van der Waals surface area contributed by atoms with Gasteiger partial charge in [-0.2, -0.15) is 0 Å². The molecule has 1 fully saturated rings. The topological polar surface area (TPSA) is 41.6 Å². The van der Waals surface area contributed by atoms with Crippen molar-refractivity contribution in [2.24, 2.45) is 0 Å². The van der Waals surface area contributed by atoms with Gasteiger partial charge in [-0.1, -0.05) is 24.3 Å². The monoisotopic (exact) mass is 318 g/mol. The van der Waals surface area contributed by atoms with Crippen molar-refractivity contribution < 1.29 is 9.53 Å². The number of carbonyl (C=O) groups excluding carboxylic acids is 1. The Balaban J connectivity index is 1.69. The number of nitrogens with one attached hydrogen (secondary N) is 1. The number of nitrogens with zero attached hydrogens (tertiary/aromatic N) is 1. The van der Waals surface area contributed by atoms with Crippen LogP contribution >= 0.6 is 0 Å². The highest BCUT2D eigenvalue weighted by atomic mass is 16.6. The molecule has 0 radical (unpaired) electrons. The summed E-state index contributed by atoms with van der Waals surface area (Å²) in [5.41, 5.74) is 2.31. The van der Waals surface area contributed by atoms with E-state index in [0.717, 1.165) is 19.0 Å². The SMILES string of the molecule is CCN(CCNCc1ccc(C2CC2)cc1)C(=O)OC(C)(C)C. The van der Waals surface area contributed by atoms with Crippen molar-refractivity contribution in [1.82, 2.24) is 10.2 Å².